The highest BCUT2D eigenvalue weighted by atomic mass is 35.5. The molecule has 2 atom stereocenters. The van der Waals surface area contributed by atoms with E-state index in [2.05, 4.69) is 13.8 Å². The lowest BCUT2D eigenvalue weighted by molar-refractivity contribution is -0.107. The lowest BCUT2D eigenvalue weighted by Gasteiger charge is -2.27. The second-order valence-corrected chi connectivity index (χ2v) is 4.05. The summed E-state index contributed by atoms with van der Waals surface area (Å²) in [7, 11) is 0. The van der Waals surface area contributed by atoms with Crippen molar-refractivity contribution in [3.05, 3.63) is 11.6 Å². The minimum absolute atomic E-state index is 0.328. The normalized spacial score (nSPS) is 33.8. The summed E-state index contributed by atoms with van der Waals surface area (Å²) < 4.78 is 0. The van der Waals surface area contributed by atoms with E-state index in [9.17, 15) is 4.79 Å². The third kappa shape index (κ3) is 2.34. The predicted octanol–water partition coefficient (Wildman–Crippen LogP) is 3.13. The molecule has 0 heterocycles. The molecule has 0 aromatic heterocycles. The van der Waals surface area contributed by atoms with Gasteiger partial charge in [-0.05, 0) is 42.4 Å². The van der Waals surface area contributed by atoms with Crippen LogP contribution in [0.1, 0.15) is 33.1 Å². The Morgan fingerprint density at radius 2 is 1.92 bits per heavy atom. The first-order valence-corrected chi connectivity index (χ1v) is 4.90. The van der Waals surface area contributed by atoms with Crippen LogP contribution in [0.25, 0.3) is 0 Å². The van der Waals surface area contributed by atoms with E-state index < -0.39 is 0 Å². The summed E-state index contributed by atoms with van der Waals surface area (Å²) in [6.45, 7) is 4.34. The largest absolute Gasteiger partial charge is 0.276 e. The first-order valence-electron chi connectivity index (χ1n) is 4.52. The van der Waals surface area contributed by atoms with E-state index >= 15 is 0 Å². The van der Waals surface area contributed by atoms with Gasteiger partial charge < -0.3 is 0 Å². The first-order chi connectivity index (χ1) is 5.61. The van der Waals surface area contributed by atoms with Gasteiger partial charge in [0, 0.05) is 0 Å². The molecule has 1 rings (SSSR count). The summed E-state index contributed by atoms with van der Waals surface area (Å²) in [5.74, 6) is 1.08. The molecule has 0 saturated heterocycles. The molecule has 0 radical (unpaired) electrons. The molecule has 12 heavy (non-hydrogen) atoms. The van der Waals surface area contributed by atoms with Gasteiger partial charge in [0.1, 0.15) is 0 Å². The van der Waals surface area contributed by atoms with Crippen molar-refractivity contribution < 1.29 is 4.79 Å². The van der Waals surface area contributed by atoms with Crippen LogP contribution < -0.4 is 0 Å². The Morgan fingerprint density at radius 1 is 1.42 bits per heavy atom. The van der Waals surface area contributed by atoms with Crippen molar-refractivity contribution in [1.29, 1.82) is 0 Å². The molecule has 0 bridgehead atoms. The molecule has 1 saturated carbocycles. The molecule has 1 aliphatic carbocycles. The van der Waals surface area contributed by atoms with E-state index in [1.54, 1.807) is 6.08 Å². The highest BCUT2D eigenvalue weighted by Gasteiger charge is 2.21. The van der Waals surface area contributed by atoms with E-state index in [1.165, 1.54) is 24.8 Å². The van der Waals surface area contributed by atoms with Gasteiger partial charge in [0.25, 0.3) is 0 Å². The highest BCUT2D eigenvalue weighted by molar-refractivity contribution is 6.66. The molecule has 0 N–H and O–H groups in total. The lowest BCUT2D eigenvalue weighted by atomic mass is 9.78. The molecule has 1 nitrogen and oxygen atoms in total. The Labute approximate surface area is 78.8 Å². The summed E-state index contributed by atoms with van der Waals surface area (Å²) in [6.07, 6.45) is 5.27. The lowest BCUT2D eigenvalue weighted by Crippen LogP contribution is -2.15. The average Bonchev–Trinajstić information content (AvgIpc) is 1.97. The summed E-state index contributed by atoms with van der Waals surface area (Å²) in [6, 6.07) is 0. The number of carbonyl (C=O) groups is 1. The fourth-order valence-corrected chi connectivity index (χ4v) is 2.09. The Hall–Kier alpha value is -0.300. The van der Waals surface area contributed by atoms with Crippen LogP contribution in [0.3, 0.4) is 0 Å². The van der Waals surface area contributed by atoms with Crippen LogP contribution in [0.4, 0.5) is 0 Å². The Kier molecular flexibility index (Phi) is 3.33. The van der Waals surface area contributed by atoms with Crippen LogP contribution in [0.5, 0.6) is 0 Å². The topological polar surface area (TPSA) is 17.1 Å². The summed E-state index contributed by atoms with van der Waals surface area (Å²) in [5, 5.41) is -0.328. The SMILES string of the molecule is C[C@@H]1CCC[C@H](C)C1=CC(=O)Cl. The Bertz CT molecular complexity index is 196. The standard InChI is InChI=1S/C10H15ClO/c1-7-4-3-5-8(2)9(7)6-10(11)12/h6-8H,3-5H2,1-2H3/t7-,8+. The van der Waals surface area contributed by atoms with E-state index in [-0.39, 0.29) is 5.24 Å². The summed E-state index contributed by atoms with van der Waals surface area (Å²) in [4.78, 5) is 10.7. The maximum absolute atomic E-state index is 10.7. The van der Waals surface area contributed by atoms with Crippen molar-refractivity contribution in [3.8, 4) is 0 Å². The van der Waals surface area contributed by atoms with Crippen molar-refractivity contribution in [2.75, 3.05) is 0 Å². The van der Waals surface area contributed by atoms with Crippen molar-refractivity contribution in [2.24, 2.45) is 11.8 Å². The molecule has 0 unspecified atom stereocenters. The van der Waals surface area contributed by atoms with Gasteiger partial charge in [-0.15, -0.1) is 0 Å². The Balaban J connectivity index is 2.75. The number of carbonyl (C=O) groups excluding carboxylic acids is 1. The first kappa shape index (κ1) is 9.79. The van der Waals surface area contributed by atoms with Gasteiger partial charge in [0.15, 0.2) is 0 Å². The molecule has 68 valence electrons. The van der Waals surface area contributed by atoms with Gasteiger partial charge in [0.05, 0.1) is 0 Å². The average molecular weight is 187 g/mol. The maximum Gasteiger partial charge on any atom is 0.245 e. The smallest absolute Gasteiger partial charge is 0.245 e. The zero-order chi connectivity index (χ0) is 9.14. The van der Waals surface area contributed by atoms with E-state index in [4.69, 9.17) is 11.6 Å². The monoisotopic (exact) mass is 186 g/mol. The van der Waals surface area contributed by atoms with Crippen molar-refractivity contribution in [2.45, 2.75) is 33.1 Å². The number of hydrogen-bond acceptors (Lipinski definition) is 1. The molecule has 0 amide bonds. The van der Waals surface area contributed by atoms with Crippen LogP contribution in [0.15, 0.2) is 11.6 Å². The minimum atomic E-state index is -0.328. The van der Waals surface area contributed by atoms with Gasteiger partial charge in [-0.3, -0.25) is 4.79 Å². The third-order valence-corrected chi connectivity index (χ3v) is 2.80. The van der Waals surface area contributed by atoms with E-state index in [0.29, 0.717) is 11.8 Å². The van der Waals surface area contributed by atoms with E-state index in [1.807, 2.05) is 0 Å². The van der Waals surface area contributed by atoms with E-state index in [0.717, 1.165) is 0 Å². The number of allylic oxidation sites excluding steroid dienone is 2. The molecule has 2 heteroatoms. The highest BCUT2D eigenvalue weighted by Crippen LogP contribution is 2.33. The molecule has 0 aliphatic heterocycles. The van der Waals surface area contributed by atoms with Crippen LogP contribution >= 0.6 is 11.6 Å². The van der Waals surface area contributed by atoms with Crippen molar-refractivity contribution in [3.63, 3.8) is 0 Å². The maximum atomic E-state index is 10.7. The number of hydrogen-bond donors (Lipinski definition) is 0. The molecular formula is C10H15ClO. The van der Waals surface area contributed by atoms with Crippen LogP contribution in [-0.2, 0) is 4.79 Å². The van der Waals surface area contributed by atoms with Gasteiger partial charge >= 0.3 is 0 Å². The summed E-state index contributed by atoms with van der Waals surface area (Å²) >= 11 is 5.33. The number of halogens is 1. The molecule has 1 fully saturated rings. The second kappa shape index (κ2) is 4.08. The predicted molar refractivity (Wildman–Crippen MR) is 51.1 cm³/mol. The van der Waals surface area contributed by atoms with Gasteiger partial charge in [-0.2, -0.15) is 0 Å². The summed E-state index contributed by atoms with van der Waals surface area (Å²) in [5.41, 5.74) is 1.24. The van der Waals surface area contributed by atoms with Gasteiger partial charge in [0.2, 0.25) is 5.24 Å². The fourth-order valence-electron chi connectivity index (χ4n) is 1.96. The molecule has 1 aliphatic rings. The molecule has 0 aromatic rings. The quantitative estimate of drug-likeness (QED) is 0.454. The third-order valence-electron chi connectivity index (χ3n) is 2.69. The van der Waals surface area contributed by atoms with Gasteiger partial charge in [-0.25, -0.2) is 0 Å². The fraction of sp³-hybridized carbons (Fsp3) is 0.700. The minimum Gasteiger partial charge on any atom is -0.276 e. The second-order valence-electron chi connectivity index (χ2n) is 3.68. The zero-order valence-electron chi connectivity index (χ0n) is 7.64. The van der Waals surface area contributed by atoms with Gasteiger partial charge in [-0.1, -0.05) is 25.8 Å². The molecule has 0 aromatic carbocycles. The van der Waals surface area contributed by atoms with Crippen LogP contribution in [0, 0.1) is 11.8 Å². The van der Waals surface area contributed by atoms with Crippen molar-refractivity contribution in [1.82, 2.24) is 0 Å². The Morgan fingerprint density at radius 3 is 2.33 bits per heavy atom. The van der Waals surface area contributed by atoms with Crippen LogP contribution in [-0.4, -0.2) is 5.24 Å². The number of rotatable bonds is 1. The molecule has 0 spiro atoms. The van der Waals surface area contributed by atoms with Crippen LogP contribution in [0.2, 0.25) is 0 Å². The zero-order valence-corrected chi connectivity index (χ0v) is 8.40. The van der Waals surface area contributed by atoms with Crippen molar-refractivity contribution >= 4 is 16.8 Å². The molecular weight excluding hydrogens is 172 g/mol.